The van der Waals surface area contributed by atoms with Crippen LogP contribution in [0.5, 0.6) is 5.75 Å². The van der Waals surface area contributed by atoms with Gasteiger partial charge in [-0.2, -0.15) is 0 Å². The molecular weight excluding hydrogens is 497 g/mol. The van der Waals surface area contributed by atoms with E-state index in [4.69, 9.17) is 9.47 Å². The molecule has 1 aromatic heterocycles. The van der Waals surface area contributed by atoms with E-state index in [0.717, 1.165) is 24.0 Å². The van der Waals surface area contributed by atoms with Crippen molar-refractivity contribution in [1.29, 1.82) is 0 Å². The largest absolute Gasteiger partial charge is 0.496 e. The zero-order chi connectivity index (χ0) is 28.0. The summed E-state index contributed by atoms with van der Waals surface area (Å²) >= 11 is 0. The zero-order valence-electron chi connectivity index (χ0n) is 22.9. The van der Waals surface area contributed by atoms with Crippen molar-refractivity contribution >= 4 is 17.8 Å². The number of ether oxygens (including phenoxy) is 2. The van der Waals surface area contributed by atoms with Crippen molar-refractivity contribution in [3.8, 4) is 16.9 Å². The highest BCUT2D eigenvalue weighted by atomic mass is 19.1. The minimum Gasteiger partial charge on any atom is -0.496 e. The summed E-state index contributed by atoms with van der Waals surface area (Å²) < 4.78 is 24.5. The van der Waals surface area contributed by atoms with Gasteiger partial charge in [-0.05, 0) is 87.8 Å². The van der Waals surface area contributed by atoms with Gasteiger partial charge < -0.3 is 20.1 Å². The lowest BCUT2D eigenvalue weighted by atomic mass is 9.76. The number of aromatic nitrogens is 1. The Labute approximate surface area is 229 Å². The number of halogens is 1. The van der Waals surface area contributed by atoms with Gasteiger partial charge in [-0.3, -0.25) is 4.79 Å². The van der Waals surface area contributed by atoms with Crippen molar-refractivity contribution in [3.63, 3.8) is 0 Å². The summed E-state index contributed by atoms with van der Waals surface area (Å²) in [5, 5.41) is 6.02. The molecule has 3 aromatic rings. The molecule has 0 radical (unpaired) electrons. The number of carbonyl (C=O) groups is 2. The summed E-state index contributed by atoms with van der Waals surface area (Å²) in [6.45, 7) is 5.53. The number of nitrogens with one attached hydrogen (secondary N) is 2. The minimum atomic E-state index is -0.589. The first-order chi connectivity index (χ1) is 18.6. The van der Waals surface area contributed by atoms with E-state index in [2.05, 4.69) is 15.6 Å². The van der Waals surface area contributed by atoms with Gasteiger partial charge in [0.2, 0.25) is 5.91 Å². The van der Waals surface area contributed by atoms with E-state index in [-0.39, 0.29) is 29.6 Å². The molecule has 39 heavy (non-hydrogen) atoms. The number of methoxy groups -OCH3 is 1. The second kappa shape index (κ2) is 12.3. The van der Waals surface area contributed by atoms with E-state index in [9.17, 15) is 14.0 Å². The van der Waals surface area contributed by atoms with Crippen molar-refractivity contribution in [2.24, 2.45) is 11.8 Å². The second-order valence-electron chi connectivity index (χ2n) is 10.9. The lowest BCUT2D eigenvalue weighted by Crippen LogP contribution is -2.39. The van der Waals surface area contributed by atoms with Crippen LogP contribution in [0.2, 0.25) is 0 Å². The average molecular weight is 534 g/mol. The van der Waals surface area contributed by atoms with Gasteiger partial charge in [0.25, 0.3) is 0 Å². The monoisotopic (exact) mass is 533 g/mol. The molecule has 1 fully saturated rings. The molecule has 0 saturated heterocycles. The number of carbonyl (C=O) groups excluding carboxylic acids is 2. The molecule has 1 heterocycles. The SMILES string of the molecule is COc1cc(F)ccc1-c1ccnc(NC(=O)C2CCC(C(NC(=O)OC(C)(C)C)c3ccccc3)CC2)c1. The maximum absolute atomic E-state index is 13.6. The fourth-order valence-corrected chi connectivity index (χ4v) is 5.08. The van der Waals surface area contributed by atoms with Gasteiger partial charge in [-0.15, -0.1) is 0 Å². The highest BCUT2D eigenvalue weighted by Crippen LogP contribution is 2.38. The van der Waals surface area contributed by atoms with Gasteiger partial charge in [0, 0.05) is 23.7 Å². The molecule has 1 unspecified atom stereocenters. The van der Waals surface area contributed by atoms with Crippen LogP contribution < -0.4 is 15.4 Å². The lowest BCUT2D eigenvalue weighted by Gasteiger charge is -2.34. The van der Waals surface area contributed by atoms with Crippen LogP contribution >= 0.6 is 0 Å². The summed E-state index contributed by atoms with van der Waals surface area (Å²) in [6.07, 6.45) is 4.13. The van der Waals surface area contributed by atoms with Crippen molar-refractivity contribution in [3.05, 3.63) is 78.2 Å². The normalized spacial score (nSPS) is 18.1. The van der Waals surface area contributed by atoms with Crippen molar-refractivity contribution in [1.82, 2.24) is 10.3 Å². The molecule has 0 aliphatic heterocycles. The number of hydrogen-bond acceptors (Lipinski definition) is 5. The molecule has 2 amide bonds. The molecule has 0 bridgehead atoms. The van der Waals surface area contributed by atoms with Crippen LogP contribution in [0, 0.1) is 17.7 Å². The van der Waals surface area contributed by atoms with E-state index in [1.807, 2.05) is 51.1 Å². The Kier molecular flexibility index (Phi) is 8.84. The number of alkyl carbamates (subject to hydrolysis) is 1. The number of amides is 2. The average Bonchev–Trinajstić information content (AvgIpc) is 2.91. The Balaban J connectivity index is 1.40. The third-order valence-electron chi connectivity index (χ3n) is 6.93. The molecule has 1 aliphatic rings. The number of benzene rings is 2. The van der Waals surface area contributed by atoms with Crippen LogP contribution in [0.25, 0.3) is 11.1 Å². The summed E-state index contributed by atoms with van der Waals surface area (Å²) in [6, 6.07) is 17.6. The molecule has 206 valence electrons. The predicted molar refractivity (Wildman–Crippen MR) is 149 cm³/mol. The van der Waals surface area contributed by atoms with Crippen LogP contribution in [0.4, 0.5) is 15.0 Å². The molecular formula is C31H36FN3O4. The van der Waals surface area contributed by atoms with Gasteiger partial charge in [-0.25, -0.2) is 14.2 Å². The Morgan fingerprint density at radius 2 is 1.72 bits per heavy atom. The van der Waals surface area contributed by atoms with E-state index in [1.165, 1.54) is 19.2 Å². The van der Waals surface area contributed by atoms with Crippen molar-refractivity contribution in [2.75, 3.05) is 12.4 Å². The van der Waals surface area contributed by atoms with E-state index < -0.39 is 11.7 Å². The maximum atomic E-state index is 13.6. The molecule has 2 N–H and O–H groups in total. The Morgan fingerprint density at radius 3 is 2.38 bits per heavy atom. The molecule has 7 nitrogen and oxygen atoms in total. The fraction of sp³-hybridized carbons (Fsp3) is 0.387. The Morgan fingerprint density at radius 1 is 1.00 bits per heavy atom. The van der Waals surface area contributed by atoms with Gasteiger partial charge in [0.1, 0.15) is 23.0 Å². The number of hydrogen-bond donors (Lipinski definition) is 2. The molecule has 1 saturated carbocycles. The smallest absolute Gasteiger partial charge is 0.408 e. The number of rotatable bonds is 7. The predicted octanol–water partition coefficient (Wildman–Crippen LogP) is 6.91. The molecule has 8 heteroatoms. The highest BCUT2D eigenvalue weighted by Gasteiger charge is 2.33. The van der Waals surface area contributed by atoms with Crippen LogP contribution in [-0.4, -0.2) is 29.7 Å². The van der Waals surface area contributed by atoms with Crippen LogP contribution in [0.1, 0.15) is 58.1 Å². The minimum absolute atomic E-state index is 0.0828. The first-order valence-electron chi connectivity index (χ1n) is 13.3. The first-order valence-corrected chi connectivity index (χ1v) is 13.3. The fourth-order valence-electron chi connectivity index (χ4n) is 5.08. The number of pyridine rings is 1. The van der Waals surface area contributed by atoms with Crippen LogP contribution in [-0.2, 0) is 9.53 Å². The number of nitrogens with zero attached hydrogens (tertiary/aromatic N) is 1. The third kappa shape index (κ3) is 7.56. The Bertz CT molecular complexity index is 1280. The molecule has 2 aromatic carbocycles. The van der Waals surface area contributed by atoms with E-state index >= 15 is 0 Å². The quantitative estimate of drug-likeness (QED) is 0.345. The first kappa shape index (κ1) is 28.1. The van der Waals surface area contributed by atoms with Crippen molar-refractivity contribution in [2.45, 2.75) is 58.1 Å². The summed E-state index contributed by atoms with van der Waals surface area (Å²) in [7, 11) is 1.49. The molecule has 0 spiro atoms. The van der Waals surface area contributed by atoms with E-state index in [0.29, 0.717) is 30.0 Å². The van der Waals surface area contributed by atoms with E-state index in [1.54, 1.807) is 24.4 Å². The summed E-state index contributed by atoms with van der Waals surface area (Å²) in [5.74, 6) is 0.385. The van der Waals surface area contributed by atoms with Gasteiger partial charge in [-0.1, -0.05) is 30.3 Å². The van der Waals surface area contributed by atoms with Gasteiger partial charge in [0.05, 0.1) is 13.2 Å². The maximum Gasteiger partial charge on any atom is 0.408 e. The molecule has 4 rings (SSSR count). The van der Waals surface area contributed by atoms with Crippen LogP contribution in [0.3, 0.4) is 0 Å². The van der Waals surface area contributed by atoms with Crippen molar-refractivity contribution < 1.29 is 23.5 Å². The standard InChI is InChI=1S/C31H36FN3O4/c1-31(2,3)39-30(37)35-28(20-8-6-5-7-9-20)21-10-12-22(13-11-21)29(36)34-27-18-23(16-17-33-27)25-15-14-24(32)19-26(25)38-4/h5-9,14-19,21-22,28H,10-13H2,1-4H3,(H,35,37)(H,33,34,36). The zero-order valence-corrected chi connectivity index (χ0v) is 22.9. The lowest BCUT2D eigenvalue weighted by molar-refractivity contribution is -0.121. The van der Waals surface area contributed by atoms with Gasteiger partial charge >= 0.3 is 6.09 Å². The molecule has 1 atom stereocenters. The Hall–Kier alpha value is -3.94. The summed E-state index contributed by atoms with van der Waals surface area (Å²) in [5.41, 5.74) is 1.91. The summed E-state index contributed by atoms with van der Waals surface area (Å²) in [4.78, 5) is 30.1. The molecule has 1 aliphatic carbocycles. The second-order valence-corrected chi connectivity index (χ2v) is 10.9. The third-order valence-corrected chi connectivity index (χ3v) is 6.93. The number of anilines is 1. The van der Waals surface area contributed by atoms with Crippen LogP contribution in [0.15, 0.2) is 66.9 Å². The highest BCUT2D eigenvalue weighted by molar-refractivity contribution is 5.92. The topological polar surface area (TPSA) is 89.5 Å². The van der Waals surface area contributed by atoms with Gasteiger partial charge in [0.15, 0.2) is 0 Å².